The molecule has 2 amide bonds. The number of β-amino-alcohol motifs (C(OH)–C–C–N with tert-alkyl or cyclic N) is 1. The summed E-state index contributed by atoms with van der Waals surface area (Å²) in [6, 6.07) is 3.74. The molecule has 0 aromatic carbocycles. The Hall–Kier alpha value is -2.19. The van der Waals surface area contributed by atoms with Crippen molar-refractivity contribution in [3.05, 3.63) is 23.9 Å². The van der Waals surface area contributed by atoms with Crippen LogP contribution < -0.4 is 10.2 Å². The van der Waals surface area contributed by atoms with E-state index >= 15 is 0 Å². The largest absolute Gasteiger partial charge is 0.395 e. The minimum Gasteiger partial charge on any atom is -0.395 e. The second-order valence-corrected chi connectivity index (χ2v) is 8.27. The number of rotatable bonds is 6. The average molecular weight is 402 g/mol. The molecule has 2 N–H and O–H groups in total. The number of piperidine rings is 1. The molecule has 1 saturated carbocycles. The van der Waals surface area contributed by atoms with Gasteiger partial charge in [-0.3, -0.25) is 14.5 Å². The molecule has 3 aliphatic rings. The molecule has 2 saturated heterocycles. The number of likely N-dealkylation sites (tertiary alicyclic amines) is 1. The Labute approximate surface area is 171 Å². The van der Waals surface area contributed by atoms with Gasteiger partial charge in [-0.2, -0.15) is 0 Å². The topological polar surface area (TPSA) is 89.0 Å². The van der Waals surface area contributed by atoms with Crippen molar-refractivity contribution in [1.82, 2.24) is 20.1 Å². The number of nitrogens with one attached hydrogen (secondary N) is 1. The number of aromatic nitrogens is 1. The lowest BCUT2D eigenvalue weighted by atomic mass is 10.0. The summed E-state index contributed by atoms with van der Waals surface area (Å²) in [6.45, 7) is 5.60. The third-order valence-electron chi connectivity index (χ3n) is 6.19. The fourth-order valence-corrected chi connectivity index (χ4v) is 4.25. The Morgan fingerprint density at radius 1 is 1.07 bits per heavy atom. The highest BCUT2D eigenvalue weighted by Crippen LogP contribution is 2.32. The van der Waals surface area contributed by atoms with Gasteiger partial charge < -0.3 is 20.2 Å². The SMILES string of the molecule is O=C(NC1CCN(C(=O)C2CC2)CC1)c1cccnc1N1CCN(CCO)CC1. The molecular formula is C21H31N5O3. The number of amides is 2. The number of hydrogen-bond donors (Lipinski definition) is 2. The zero-order valence-electron chi connectivity index (χ0n) is 16.9. The van der Waals surface area contributed by atoms with Gasteiger partial charge in [0, 0.05) is 64.0 Å². The summed E-state index contributed by atoms with van der Waals surface area (Å²) in [4.78, 5) is 36.0. The lowest BCUT2D eigenvalue weighted by molar-refractivity contribution is -0.133. The van der Waals surface area contributed by atoms with E-state index in [0.717, 1.165) is 70.8 Å². The molecule has 0 bridgehead atoms. The molecule has 2 aliphatic heterocycles. The summed E-state index contributed by atoms with van der Waals surface area (Å²) < 4.78 is 0. The summed E-state index contributed by atoms with van der Waals surface area (Å²) >= 11 is 0. The normalized spacial score (nSPS) is 21.3. The van der Waals surface area contributed by atoms with Crippen molar-refractivity contribution >= 4 is 17.6 Å². The third-order valence-corrected chi connectivity index (χ3v) is 6.19. The van der Waals surface area contributed by atoms with E-state index in [-0.39, 0.29) is 24.5 Å². The lowest BCUT2D eigenvalue weighted by Crippen LogP contribution is -2.49. The van der Waals surface area contributed by atoms with Crippen LogP contribution in [0.2, 0.25) is 0 Å². The highest BCUT2D eigenvalue weighted by molar-refractivity contribution is 5.99. The van der Waals surface area contributed by atoms with Crippen LogP contribution in [0.25, 0.3) is 0 Å². The van der Waals surface area contributed by atoms with E-state index in [0.29, 0.717) is 18.0 Å². The van der Waals surface area contributed by atoms with Crippen LogP contribution in [0, 0.1) is 5.92 Å². The molecular weight excluding hydrogens is 370 g/mol. The van der Waals surface area contributed by atoms with E-state index in [2.05, 4.69) is 20.1 Å². The average Bonchev–Trinajstić information content (AvgIpc) is 3.60. The molecule has 158 valence electrons. The molecule has 0 unspecified atom stereocenters. The Balaban J connectivity index is 1.33. The van der Waals surface area contributed by atoms with E-state index in [4.69, 9.17) is 5.11 Å². The van der Waals surface area contributed by atoms with Crippen LogP contribution in [0.4, 0.5) is 5.82 Å². The van der Waals surface area contributed by atoms with Gasteiger partial charge >= 0.3 is 0 Å². The van der Waals surface area contributed by atoms with Gasteiger partial charge in [0.05, 0.1) is 12.2 Å². The van der Waals surface area contributed by atoms with Gasteiger partial charge in [-0.25, -0.2) is 4.98 Å². The van der Waals surface area contributed by atoms with Crippen LogP contribution in [-0.4, -0.2) is 90.2 Å². The number of pyridine rings is 1. The first-order valence-corrected chi connectivity index (χ1v) is 10.8. The predicted octanol–water partition coefficient (Wildman–Crippen LogP) is 0.327. The van der Waals surface area contributed by atoms with Gasteiger partial charge in [0.15, 0.2) is 0 Å². The predicted molar refractivity (Wildman–Crippen MR) is 110 cm³/mol. The van der Waals surface area contributed by atoms with Crippen LogP contribution >= 0.6 is 0 Å². The maximum Gasteiger partial charge on any atom is 0.255 e. The third kappa shape index (κ3) is 4.87. The van der Waals surface area contributed by atoms with Gasteiger partial charge in [-0.15, -0.1) is 0 Å². The number of aliphatic hydroxyl groups excluding tert-OH is 1. The molecule has 29 heavy (non-hydrogen) atoms. The van der Waals surface area contributed by atoms with Crippen molar-refractivity contribution in [1.29, 1.82) is 0 Å². The van der Waals surface area contributed by atoms with Crippen molar-refractivity contribution in [2.24, 2.45) is 5.92 Å². The molecule has 0 spiro atoms. The molecule has 0 radical (unpaired) electrons. The molecule has 1 aromatic heterocycles. The van der Waals surface area contributed by atoms with Crippen molar-refractivity contribution < 1.29 is 14.7 Å². The maximum atomic E-state index is 13.0. The Bertz CT molecular complexity index is 723. The fourth-order valence-electron chi connectivity index (χ4n) is 4.25. The van der Waals surface area contributed by atoms with E-state index in [1.165, 1.54) is 0 Å². The molecule has 1 aliphatic carbocycles. The Morgan fingerprint density at radius 2 is 1.79 bits per heavy atom. The quantitative estimate of drug-likeness (QED) is 0.714. The first-order chi connectivity index (χ1) is 14.2. The van der Waals surface area contributed by atoms with Crippen molar-refractivity contribution in [2.75, 3.05) is 57.3 Å². The number of nitrogens with zero attached hydrogens (tertiary/aromatic N) is 4. The van der Waals surface area contributed by atoms with Crippen molar-refractivity contribution in [3.8, 4) is 0 Å². The zero-order valence-corrected chi connectivity index (χ0v) is 16.9. The van der Waals surface area contributed by atoms with Crippen LogP contribution in [0.15, 0.2) is 18.3 Å². The van der Waals surface area contributed by atoms with E-state index < -0.39 is 0 Å². The molecule has 0 atom stereocenters. The van der Waals surface area contributed by atoms with Gasteiger partial charge in [-0.1, -0.05) is 0 Å². The summed E-state index contributed by atoms with van der Waals surface area (Å²) in [6.07, 6.45) is 5.41. The fraction of sp³-hybridized carbons (Fsp3) is 0.667. The van der Waals surface area contributed by atoms with E-state index in [9.17, 15) is 9.59 Å². The smallest absolute Gasteiger partial charge is 0.255 e. The Kier molecular flexibility index (Phi) is 6.30. The van der Waals surface area contributed by atoms with Crippen molar-refractivity contribution in [3.63, 3.8) is 0 Å². The van der Waals surface area contributed by atoms with Crippen LogP contribution in [0.3, 0.4) is 0 Å². The monoisotopic (exact) mass is 401 g/mol. The highest BCUT2D eigenvalue weighted by Gasteiger charge is 2.35. The molecule has 3 heterocycles. The first kappa shape index (κ1) is 20.1. The van der Waals surface area contributed by atoms with Gasteiger partial charge in [0.2, 0.25) is 5.91 Å². The number of carbonyl (C=O) groups is 2. The van der Waals surface area contributed by atoms with Crippen LogP contribution in [0.5, 0.6) is 0 Å². The second kappa shape index (κ2) is 9.09. The van der Waals surface area contributed by atoms with Crippen LogP contribution in [0.1, 0.15) is 36.0 Å². The molecule has 1 aromatic rings. The molecule has 4 rings (SSSR count). The summed E-state index contributed by atoms with van der Waals surface area (Å²) in [5.41, 5.74) is 0.611. The summed E-state index contributed by atoms with van der Waals surface area (Å²) in [5, 5.41) is 12.3. The minimum atomic E-state index is -0.0853. The summed E-state index contributed by atoms with van der Waals surface area (Å²) in [5.74, 6) is 1.20. The second-order valence-electron chi connectivity index (χ2n) is 8.27. The number of piperazine rings is 1. The van der Waals surface area contributed by atoms with Gasteiger partial charge in [-0.05, 0) is 37.8 Å². The number of anilines is 1. The molecule has 8 nitrogen and oxygen atoms in total. The molecule has 3 fully saturated rings. The van der Waals surface area contributed by atoms with Gasteiger partial charge in [0.1, 0.15) is 5.82 Å². The van der Waals surface area contributed by atoms with Gasteiger partial charge in [0.25, 0.3) is 5.91 Å². The summed E-state index contributed by atoms with van der Waals surface area (Å²) in [7, 11) is 0. The van der Waals surface area contributed by atoms with E-state index in [1.54, 1.807) is 12.3 Å². The molecule has 8 heteroatoms. The van der Waals surface area contributed by atoms with E-state index in [1.807, 2.05) is 11.0 Å². The van der Waals surface area contributed by atoms with Crippen molar-refractivity contribution in [2.45, 2.75) is 31.7 Å². The highest BCUT2D eigenvalue weighted by atomic mass is 16.3. The Morgan fingerprint density at radius 3 is 2.45 bits per heavy atom. The standard InChI is InChI=1S/C21H31N5O3/c27-15-14-24-10-12-25(13-11-24)19-18(2-1-7-22-19)20(28)23-17-5-8-26(9-6-17)21(29)16-3-4-16/h1-2,7,16-17,27H,3-6,8-15H2,(H,23,28). The minimum absolute atomic E-state index is 0.0853. The zero-order chi connectivity index (χ0) is 20.2. The number of aliphatic hydroxyl groups is 1. The maximum absolute atomic E-state index is 13.0. The first-order valence-electron chi connectivity index (χ1n) is 10.8. The number of hydrogen-bond acceptors (Lipinski definition) is 6. The van der Waals surface area contributed by atoms with Crippen LogP contribution in [-0.2, 0) is 4.79 Å². The number of carbonyl (C=O) groups excluding carboxylic acids is 2. The lowest BCUT2D eigenvalue weighted by Gasteiger charge is -2.36.